The summed E-state index contributed by atoms with van der Waals surface area (Å²) in [5, 5.41) is 0. The molecule has 1 saturated heterocycles. The summed E-state index contributed by atoms with van der Waals surface area (Å²) in [6.07, 6.45) is 7.82. The molecule has 4 saturated carbocycles. The molecule has 0 amide bonds. The van der Waals surface area contributed by atoms with Gasteiger partial charge in [0.15, 0.2) is 0 Å². The predicted molar refractivity (Wildman–Crippen MR) is 89.1 cm³/mol. The molecule has 1 heterocycles. The highest BCUT2D eigenvalue weighted by Gasteiger charge is 2.51. The normalized spacial score (nSPS) is 47.1. The van der Waals surface area contributed by atoms with Gasteiger partial charge in [0.1, 0.15) is 0 Å². The van der Waals surface area contributed by atoms with Gasteiger partial charge in [0.05, 0.1) is 12.2 Å². The molecule has 5 nitrogen and oxygen atoms in total. The smallest absolute Gasteiger partial charge is 0.279 e. The molecule has 5 aliphatic rings. The Labute approximate surface area is 140 Å². The molecule has 5 rings (SSSR count). The fourth-order valence-electron chi connectivity index (χ4n) is 6.17. The average molecular weight is 343 g/mol. The van der Waals surface area contributed by atoms with Crippen LogP contribution in [0.4, 0.5) is 0 Å². The van der Waals surface area contributed by atoms with Crippen molar-refractivity contribution in [3.8, 4) is 0 Å². The quantitative estimate of drug-likeness (QED) is 0.852. The molecule has 4 bridgehead atoms. The van der Waals surface area contributed by atoms with Crippen molar-refractivity contribution < 1.29 is 13.2 Å². The fraction of sp³-hybridized carbons (Fsp3) is 1.00. The summed E-state index contributed by atoms with van der Waals surface area (Å²) in [6, 6.07) is 0. The van der Waals surface area contributed by atoms with Crippen LogP contribution in [-0.2, 0) is 14.9 Å². The van der Waals surface area contributed by atoms with Gasteiger partial charge < -0.3 is 4.74 Å². The second-order valence-electron chi connectivity index (χ2n) is 8.82. The molecule has 0 spiro atoms. The van der Waals surface area contributed by atoms with Crippen LogP contribution < -0.4 is 4.72 Å². The molecule has 0 aromatic rings. The first-order valence-corrected chi connectivity index (χ1v) is 10.7. The lowest BCUT2D eigenvalue weighted by Gasteiger charge is -2.57. The molecule has 2 atom stereocenters. The summed E-state index contributed by atoms with van der Waals surface area (Å²) >= 11 is 0. The molecule has 4 aliphatic carbocycles. The van der Waals surface area contributed by atoms with Crippen molar-refractivity contribution in [2.45, 2.75) is 64.6 Å². The van der Waals surface area contributed by atoms with Gasteiger partial charge in [-0.25, -0.2) is 4.72 Å². The molecule has 1 N–H and O–H groups in total. The van der Waals surface area contributed by atoms with Crippen LogP contribution in [0.15, 0.2) is 0 Å². The maximum absolute atomic E-state index is 12.7. The Bertz CT molecular complexity index is 517. The van der Waals surface area contributed by atoms with Crippen LogP contribution in [0.5, 0.6) is 0 Å². The van der Waals surface area contributed by atoms with Crippen molar-refractivity contribution >= 4 is 10.2 Å². The molecule has 6 heteroatoms. The minimum absolute atomic E-state index is 0.0325. The van der Waals surface area contributed by atoms with Gasteiger partial charge in [-0.3, -0.25) is 0 Å². The lowest BCUT2D eigenvalue weighted by Crippen LogP contribution is -2.55. The third-order valence-electron chi connectivity index (χ3n) is 6.52. The maximum Gasteiger partial charge on any atom is 0.279 e. The molecule has 0 radical (unpaired) electrons. The van der Waals surface area contributed by atoms with E-state index in [1.54, 1.807) is 4.31 Å². The molecule has 132 valence electrons. The minimum atomic E-state index is -3.39. The average Bonchev–Trinajstić information content (AvgIpc) is 2.43. The monoisotopic (exact) mass is 342 g/mol. The summed E-state index contributed by atoms with van der Waals surface area (Å²) in [5.41, 5.74) is 0.241. The molecule has 0 aromatic heterocycles. The van der Waals surface area contributed by atoms with E-state index in [1.165, 1.54) is 38.5 Å². The van der Waals surface area contributed by atoms with Gasteiger partial charge >= 0.3 is 0 Å². The maximum atomic E-state index is 12.7. The first kappa shape index (κ1) is 16.3. The topological polar surface area (TPSA) is 58.6 Å². The van der Waals surface area contributed by atoms with Crippen LogP contribution in [0.25, 0.3) is 0 Å². The molecule has 0 unspecified atom stereocenters. The summed E-state index contributed by atoms with van der Waals surface area (Å²) < 4.78 is 35.7. The first-order chi connectivity index (χ1) is 10.8. The number of hydrogen-bond acceptors (Lipinski definition) is 3. The van der Waals surface area contributed by atoms with E-state index in [2.05, 4.69) is 4.72 Å². The highest BCUT2D eigenvalue weighted by Crippen LogP contribution is 2.59. The van der Waals surface area contributed by atoms with Gasteiger partial charge in [-0.05, 0) is 75.5 Å². The Kier molecular flexibility index (Phi) is 4.03. The lowest BCUT2D eigenvalue weighted by molar-refractivity contribution is -0.0510. The predicted octanol–water partition coefficient (Wildman–Crippen LogP) is 2.15. The number of ether oxygens (including phenoxy) is 1. The van der Waals surface area contributed by atoms with E-state index in [1.807, 2.05) is 13.8 Å². The first-order valence-electron chi connectivity index (χ1n) is 9.24. The third kappa shape index (κ3) is 3.20. The van der Waals surface area contributed by atoms with Gasteiger partial charge in [0.25, 0.3) is 10.2 Å². The van der Waals surface area contributed by atoms with Crippen LogP contribution in [-0.4, -0.2) is 44.6 Å². The van der Waals surface area contributed by atoms with Crippen LogP contribution in [0.2, 0.25) is 0 Å². The number of nitrogens with zero attached hydrogens (tertiary/aromatic N) is 1. The van der Waals surface area contributed by atoms with Gasteiger partial charge in [-0.1, -0.05) is 0 Å². The van der Waals surface area contributed by atoms with E-state index in [4.69, 9.17) is 4.74 Å². The molecule has 0 aromatic carbocycles. The minimum Gasteiger partial charge on any atom is -0.373 e. The van der Waals surface area contributed by atoms with Crippen molar-refractivity contribution in [1.29, 1.82) is 0 Å². The lowest BCUT2D eigenvalue weighted by atomic mass is 9.50. The Morgan fingerprint density at radius 3 is 1.96 bits per heavy atom. The zero-order chi connectivity index (χ0) is 16.2. The van der Waals surface area contributed by atoms with Crippen molar-refractivity contribution in [1.82, 2.24) is 9.03 Å². The largest absolute Gasteiger partial charge is 0.373 e. The Hall–Kier alpha value is -0.170. The number of rotatable bonds is 4. The van der Waals surface area contributed by atoms with E-state index in [9.17, 15) is 8.42 Å². The molecule has 5 fully saturated rings. The summed E-state index contributed by atoms with van der Waals surface area (Å²) in [4.78, 5) is 0. The summed E-state index contributed by atoms with van der Waals surface area (Å²) in [7, 11) is -3.39. The highest BCUT2D eigenvalue weighted by atomic mass is 32.2. The van der Waals surface area contributed by atoms with Crippen LogP contribution in [0.3, 0.4) is 0 Å². The number of morpholine rings is 1. The Morgan fingerprint density at radius 1 is 1.00 bits per heavy atom. The van der Waals surface area contributed by atoms with Crippen molar-refractivity contribution in [3.63, 3.8) is 0 Å². The van der Waals surface area contributed by atoms with Gasteiger partial charge in [-0.2, -0.15) is 12.7 Å². The molecular weight excluding hydrogens is 312 g/mol. The zero-order valence-electron chi connectivity index (χ0n) is 14.3. The second kappa shape index (κ2) is 5.68. The van der Waals surface area contributed by atoms with E-state index in [0.29, 0.717) is 19.6 Å². The van der Waals surface area contributed by atoms with E-state index in [0.717, 1.165) is 17.8 Å². The molecule has 1 aliphatic heterocycles. The van der Waals surface area contributed by atoms with E-state index < -0.39 is 10.2 Å². The van der Waals surface area contributed by atoms with E-state index >= 15 is 0 Å². The van der Waals surface area contributed by atoms with Gasteiger partial charge in [-0.15, -0.1) is 0 Å². The zero-order valence-corrected chi connectivity index (χ0v) is 15.1. The van der Waals surface area contributed by atoms with Crippen LogP contribution >= 0.6 is 0 Å². The number of hydrogen-bond donors (Lipinski definition) is 1. The second-order valence-corrected chi connectivity index (χ2v) is 10.6. The third-order valence-corrected chi connectivity index (χ3v) is 8.01. The van der Waals surface area contributed by atoms with Crippen molar-refractivity contribution in [2.75, 3.05) is 19.6 Å². The van der Waals surface area contributed by atoms with Crippen LogP contribution in [0.1, 0.15) is 52.4 Å². The molecular formula is C17H30N2O3S. The van der Waals surface area contributed by atoms with E-state index in [-0.39, 0.29) is 17.6 Å². The molecule has 23 heavy (non-hydrogen) atoms. The highest BCUT2D eigenvalue weighted by molar-refractivity contribution is 7.87. The fourth-order valence-corrected chi connectivity index (χ4v) is 7.65. The Balaban J connectivity index is 1.42. The standard InChI is InChI=1S/C17H30N2O3S/c1-12-9-19(10-13(2)22-12)23(20,21)18-11-17-6-14-3-15(7-17)5-16(4-14)8-17/h12-16,18H,3-11H2,1-2H3/t12-,13-,14?,15?,16?,17?/m1/s1. The SMILES string of the molecule is C[C@@H]1CN(S(=O)(=O)NCC23CC4CC(CC(C4)C2)C3)C[C@@H](C)O1. The van der Waals surface area contributed by atoms with Crippen molar-refractivity contribution in [2.24, 2.45) is 23.2 Å². The Morgan fingerprint density at radius 2 is 1.48 bits per heavy atom. The van der Waals surface area contributed by atoms with Gasteiger partial charge in [0.2, 0.25) is 0 Å². The van der Waals surface area contributed by atoms with Crippen LogP contribution in [0, 0.1) is 23.2 Å². The van der Waals surface area contributed by atoms with Crippen molar-refractivity contribution in [3.05, 3.63) is 0 Å². The number of nitrogens with one attached hydrogen (secondary N) is 1. The van der Waals surface area contributed by atoms with Gasteiger partial charge in [0, 0.05) is 19.6 Å². The summed E-state index contributed by atoms with van der Waals surface area (Å²) in [5.74, 6) is 2.57. The summed E-state index contributed by atoms with van der Waals surface area (Å²) in [6.45, 7) is 5.44.